The van der Waals surface area contributed by atoms with Crippen molar-refractivity contribution in [1.82, 2.24) is 0 Å². The number of phosphoric acid groups is 1. The Morgan fingerprint density at radius 1 is 0.544 bits per heavy atom. The highest BCUT2D eigenvalue weighted by Crippen LogP contribution is 2.43. The lowest BCUT2D eigenvalue weighted by molar-refractivity contribution is -0.870. The van der Waals surface area contributed by atoms with Crippen LogP contribution in [0, 0.1) is 0 Å². The first kappa shape index (κ1) is 55.8. The van der Waals surface area contributed by atoms with Crippen LogP contribution in [-0.4, -0.2) is 69.0 Å². The molecule has 0 bridgehead atoms. The minimum absolute atomic E-state index is 0.0450. The molecule has 2 unspecified atom stereocenters. The number of carbonyl (C=O) groups is 1. The van der Waals surface area contributed by atoms with E-state index in [1.807, 2.05) is 27.2 Å². The van der Waals surface area contributed by atoms with Gasteiger partial charge >= 0.3 is 13.8 Å². The largest absolute Gasteiger partial charge is 0.492 e. The van der Waals surface area contributed by atoms with Gasteiger partial charge in [-0.05, 0) is 51.0 Å². The molecule has 0 amide bonds. The first-order valence-electron chi connectivity index (χ1n) is 24.1. The standard InChI is InChI=1S/C48H94NO7P/c1-6-8-10-12-14-16-18-20-22-23-24-25-26-27-28-29-31-33-35-37-39-41-48(50)54-45-47(46-56-57(51,52)55-44-42-49(3,4)5)53-43-40-38-36-34-32-30-21-19-17-15-13-11-9-7-2/h20,22,40,43,47H,6-19,21,23-39,41-42,44-46H2,1-5H3/p+1/b22-20-,43-40-. The first-order chi connectivity index (χ1) is 27.6. The summed E-state index contributed by atoms with van der Waals surface area (Å²) in [4.78, 5) is 22.7. The molecule has 0 radical (unpaired) electrons. The number of esters is 1. The molecule has 1 N–H and O–H groups in total. The monoisotopic (exact) mass is 829 g/mol. The Labute approximate surface area is 353 Å². The zero-order valence-corrected chi connectivity index (χ0v) is 39.2. The predicted octanol–water partition coefficient (Wildman–Crippen LogP) is 14.7. The third-order valence-corrected chi connectivity index (χ3v) is 11.6. The second-order valence-electron chi connectivity index (χ2n) is 17.6. The molecule has 0 aliphatic heterocycles. The molecular weight excluding hydrogens is 734 g/mol. The average Bonchev–Trinajstić information content (AvgIpc) is 3.17. The van der Waals surface area contributed by atoms with Crippen LogP contribution in [0.3, 0.4) is 0 Å². The van der Waals surface area contributed by atoms with Crippen LogP contribution in [0.1, 0.15) is 226 Å². The molecule has 0 aromatic heterocycles. The highest BCUT2D eigenvalue weighted by Gasteiger charge is 2.25. The normalized spacial score (nSPS) is 13.8. The van der Waals surface area contributed by atoms with Gasteiger partial charge in [0, 0.05) is 6.42 Å². The van der Waals surface area contributed by atoms with Crippen molar-refractivity contribution in [2.45, 2.75) is 232 Å². The van der Waals surface area contributed by atoms with Crippen molar-refractivity contribution in [3.63, 3.8) is 0 Å². The van der Waals surface area contributed by atoms with Gasteiger partial charge in [-0.2, -0.15) is 0 Å². The van der Waals surface area contributed by atoms with Gasteiger partial charge < -0.3 is 18.9 Å². The zero-order chi connectivity index (χ0) is 42.0. The summed E-state index contributed by atoms with van der Waals surface area (Å²) in [6, 6.07) is 0. The van der Waals surface area contributed by atoms with Crippen molar-refractivity contribution in [2.75, 3.05) is 47.5 Å². The highest BCUT2D eigenvalue weighted by molar-refractivity contribution is 7.47. The quantitative estimate of drug-likeness (QED) is 0.0163. The van der Waals surface area contributed by atoms with Crippen molar-refractivity contribution in [2.24, 2.45) is 0 Å². The van der Waals surface area contributed by atoms with Gasteiger partial charge in [0.2, 0.25) is 0 Å². The number of rotatable bonds is 45. The summed E-state index contributed by atoms with van der Waals surface area (Å²) in [6.45, 7) is 4.93. The summed E-state index contributed by atoms with van der Waals surface area (Å²) < 4.78 is 34.8. The van der Waals surface area contributed by atoms with E-state index >= 15 is 0 Å². The number of ether oxygens (including phenoxy) is 2. The third-order valence-electron chi connectivity index (χ3n) is 10.6. The summed E-state index contributed by atoms with van der Waals surface area (Å²) >= 11 is 0. The maximum absolute atomic E-state index is 12.5. The fourth-order valence-electron chi connectivity index (χ4n) is 6.77. The molecular formula is C48H95NO7P+. The average molecular weight is 829 g/mol. The van der Waals surface area contributed by atoms with Crippen LogP contribution in [-0.2, 0) is 27.9 Å². The van der Waals surface area contributed by atoms with E-state index in [1.165, 1.54) is 173 Å². The molecule has 0 saturated carbocycles. The van der Waals surface area contributed by atoms with E-state index in [2.05, 4.69) is 26.0 Å². The summed E-state index contributed by atoms with van der Waals surface area (Å²) in [5.74, 6) is -0.274. The molecule has 0 heterocycles. The number of quaternary nitrogens is 1. The fraction of sp³-hybridized carbons (Fsp3) is 0.896. The minimum atomic E-state index is -4.26. The maximum atomic E-state index is 12.5. The van der Waals surface area contributed by atoms with Crippen LogP contribution in [0.25, 0.3) is 0 Å². The van der Waals surface area contributed by atoms with Crippen LogP contribution in [0.15, 0.2) is 24.5 Å². The van der Waals surface area contributed by atoms with Gasteiger partial charge in [-0.15, -0.1) is 0 Å². The number of unbranched alkanes of at least 4 members (excludes halogenated alkanes) is 29. The van der Waals surface area contributed by atoms with Crippen LogP contribution in [0.2, 0.25) is 0 Å². The van der Waals surface area contributed by atoms with E-state index in [0.29, 0.717) is 17.4 Å². The first-order valence-corrected chi connectivity index (χ1v) is 25.6. The third kappa shape index (κ3) is 45.7. The Hall–Kier alpha value is -1.18. The summed E-state index contributed by atoms with van der Waals surface area (Å²) in [5.41, 5.74) is 0. The van der Waals surface area contributed by atoms with Crippen LogP contribution < -0.4 is 0 Å². The molecule has 57 heavy (non-hydrogen) atoms. The molecule has 0 fully saturated rings. The summed E-state index contributed by atoms with van der Waals surface area (Å²) in [5, 5.41) is 0. The lowest BCUT2D eigenvalue weighted by Crippen LogP contribution is -2.37. The van der Waals surface area contributed by atoms with Crippen molar-refractivity contribution >= 4 is 13.8 Å². The zero-order valence-electron chi connectivity index (χ0n) is 38.3. The predicted molar refractivity (Wildman–Crippen MR) is 242 cm³/mol. The molecule has 0 aliphatic rings. The van der Waals surface area contributed by atoms with E-state index in [0.717, 1.165) is 32.1 Å². The fourth-order valence-corrected chi connectivity index (χ4v) is 7.51. The molecule has 0 rings (SSSR count). The Kier molecular flexibility index (Phi) is 40.7. The number of hydrogen-bond acceptors (Lipinski definition) is 6. The van der Waals surface area contributed by atoms with Gasteiger partial charge in [0.15, 0.2) is 6.10 Å². The van der Waals surface area contributed by atoms with Crippen LogP contribution in [0.4, 0.5) is 0 Å². The molecule has 0 saturated heterocycles. The van der Waals surface area contributed by atoms with E-state index in [-0.39, 0.29) is 25.8 Å². The second kappa shape index (κ2) is 41.5. The Morgan fingerprint density at radius 3 is 1.35 bits per heavy atom. The second-order valence-corrected chi connectivity index (χ2v) is 19.0. The van der Waals surface area contributed by atoms with Crippen LogP contribution >= 0.6 is 7.82 Å². The van der Waals surface area contributed by atoms with Gasteiger partial charge in [-0.3, -0.25) is 13.8 Å². The molecule has 2 atom stereocenters. The summed E-state index contributed by atoms with van der Waals surface area (Å²) in [6.07, 6.45) is 48.9. The maximum Gasteiger partial charge on any atom is 0.472 e. The van der Waals surface area contributed by atoms with Gasteiger partial charge in [0.05, 0.1) is 34.0 Å². The van der Waals surface area contributed by atoms with Crippen molar-refractivity contribution in [3.05, 3.63) is 24.5 Å². The lowest BCUT2D eigenvalue weighted by Gasteiger charge is -2.24. The van der Waals surface area contributed by atoms with E-state index in [4.69, 9.17) is 18.5 Å². The highest BCUT2D eigenvalue weighted by atomic mass is 31.2. The lowest BCUT2D eigenvalue weighted by atomic mass is 10.0. The van der Waals surface area contributed by atoms with Gasteiger partial charge in [-0.1, -0.05) is 187 Å². The molecule has 0 aromatic carbocycles. The number of allylic oxidation sites excluding steroid dienone is 3. The Morgan fingerprint density at radius 2 is 0.930 bits per heavy atom. The molecule has 0 aliphatic carbocycles. The van der Waals surface area contributed by atoms with Crippen molar-refractivity contribution < 1.29 is 37.3 Å². The number of hydrogen-bond donors (Lipinski definition) is 1. The topological polar surface area (TPSA) is 91.3 Å². The van der Waals surface area contributed by atoms with Crippen molar-refractivity contribution in [3.8, 4) is 0 Å². The van der Waals surface area contributed by atoms with Crippen LogP contribution in [0.5, 0.6) is 0 Å². The smallest absolute Gasteiger partial charge is 0.472 e. The SMILES string of the molecule is CCCCCCCC/C=C\CCCCCCCCCCCCCC(=O)OCC(COP(=O)(O)OCC[N+](C)(C)C)O/C=C\CCCCCCCCCCCCCC. The van der Waals surface area contributed by atoms with Gasteiger partial charge in [-0.25, -0.2) is 4.57 Å². The van der Waals surface area contributed by atoms with Gasteiger partial charge in [0.25, 0.3) is 0 Å². The van der Waals surface area contributed by atoms with Crippen molar-refractivity contribution in [1.29, 1.82) is 0 Å². The number of carbonyl (C=O) groups excluding carboxylic acids is 1. The molecule has 0 spiro atoms. The molecule has 0 aromatic rings. The summed E-state index contributed by atoms with van der Waals surface area (Å²) in [7, 11) is 1.68. The number of phosphoric ester groups is 1. The minimum Gasteiger partial charge on any atom is -0.492 e. The molecule has 8 nitrogen and oxygen atoms in total. The molecule has 338 valence electrons. The Balaban J connectivity index is 4.15. The van der Waals surface area contributed by atoms with E-state index in [1.54, 1.807) is 6.26 Å². The number of likely N-dealkylation sites (N-methyl/N-ethyl adjacent to an activating group) is 1. The Bertz CT molecular complexity index is 967. The number of nitrogens with zero attached hydrogens (tertiary/aromatic N) is 1. The van der Waals surface area contributed by atoms with E-state index < -0.39 is 13.9 Å². The molecule has 9 heteroatoms. The van der Waals surface area contributed by atoms with Gasteiger partial charge in [0.1, 0.15) is 19.8 Å². The van der Waals surface area contributed by atoms with E-state index in [9.17, 15) is 14.3 Å².